The number of hydrogen-bond acceptors (Lipinski definition) is 7. The molecule has 0 fully saturated rings. The highest BCUT2D eigenvalue weighted by atomic mass is 32.2. The number of rotatable bonds is 8. The molecule has 1 N–H and O–H groups in total. The van der Waals surface area contributed by atoms with Crippen LogP contribution < -0.4 is 14.2 Å². The largest absolute Gasteiger partial charge is 0.486 e. The first-order valence-electron chi connectivity index (χ1n) is 10.3. The summed E-state index contributed by atoms with van der Waals surface area (Å²) in [5.74, 6) is -0.802. The number of carbonyl (C=O) groups excluding carboxylic acids is 2. The summed E-state index contributed by atoms with van der Waals surface area (Å²) in [7, 11) is -4.06. The Kier molecular flexibility index (Phi) is 7.20. The van der Waals surface area contributed by atoms with Crippen LogP contribution in [0, 0.1) is 19.8 Å². The lowest BCUT2D eigenvalue weighted by Crippen LogP contribution is -2.45. The van der Waals surface area contributed by atoms with Crippen LogP contribution in [-0.4, -0.2) is 46.0 Å². The van der Waals surface area contributed by atoms with Gasteiger partial charge in [-0.25, -0.2) is 8.42 Å². The molecule has 172 valence electrons. The molecular weight excluding hydrogens is 434 g/mol. The molecule has 0 radical (unpaired) electrons. The van der Waals surface area contributed by atoms with E-state index in [1.54, 1.807) is 26.8 Å². The van der Waals surface area contributed by atoms with Gasteiger partial charge in [-0.15, -0.1) is 0 Å². The van der Waals surface area contributed by atoms with E-state index in [-0.39, 0.29) is 10.7 Å². The fourth-order valence-corrected chi connectivity index (χ4v) is 4.57. The van der Waals surface area contributed by atoms with Crippen molar-refractivity contribution >= 4 is 21.8 Å². The van der Waals surface area contributed by atoms with Crippen molar-refractivity contribution in [1.29, 1.82) is 0 Å². The molecule has 1 atom stereocenters. The van der Waals surface area contributed by atoms with Crippen LogP contribution in [0.2, 0.25) is 0 Å². The van der Waals surface area contributed by atoms with Crippen molar-refractivity contribution in [3.8, 4) is 11.5 Å². The second-order valence-electron chi connectivity index (χ2n) is 8.00. The van der Waals surface area contributed by atoms with Gasteiger partial charge in [-0.2, -0.15) is 4.72 Å². The molecule has 0 amide bonds. The molecule has 3 rings (SSSR count). The van der Waals surface area contributed by atoms with Crippen molar-refractivity contribution < 1.29 is 32.2 Å². The second-order valence-corrected chi connectivity index (χ2v) is 9.71. The van der Waals surface area contributed by atoms with Gasteiger partial charge >= 0.3 is 5.97 Å². The number of aryl methyl sites for hydroxylation is 2. The molecule has 0 saturated carbocycles. The maximum atomic E-state index is 12.9. The Hall–Kier alpha value is -2.91. The summed E-state index contributed by atoms with van der Waals surface area (Å²) in [6.45, 7) is 7.27. The molecule has 8 nitrogen and oxygen atoms in total. The fourth-order valence-electron chi connectivity index (χ4n) is 3.22. The lowest BCUT2D eigenvalue weighted by atomic mass is 10.0. The van der Waals surface area contributed by atoms with E-state index in [4.69, 9.17) is 14.2 Å². The third-order valence-electron chi connectivity index (χ3n) is 5.07. The third kappa shape index (κ3) is 5.46. The van der Waals surface area contributed by atoms with Crippen LogP contribution in [0.3, 0.4) is 0 Å². The predicted octanol–water partition coefficient (Wildman–Crippen LogP) is 2.80. The molecule has 2 aromatic rings. The molecule has 1 aliphatic rings. The topological polar surface area (TPSA) is 108 Å². The van der Waals surface area contributed by atoms with Crippen LogP contribution in [-0.2, 0) is 19.6 Å². The Balaban J connectivity index is 1.71. The van der Waals surface area contributed by atoms with E-state index < -0.39 is 34.6 Å². The van der Waals surface area contributed by atoms with Crippen LogP contribution in [0.15, 0.2) is 41.3 Å². The van der Waals surface area contributed by atoms with Crippen molar-refractivity contribution in [1.82, 2.24) is 4.72 Å². The Bertz CT molecular complexity index is 1130. The molecule has 0 saturated heterocycles. The third-order valence-corrected chi connectivity index (χ3v) is 6.50. The number of fused-ring (bicyclic) bond motifs is 1. The van der Waals surface area contributed by atoms with Crippen molar-refractivity contribution in [2.75, 3.05) is 19.8 Å². The van der Waals surface area contributed by atoms with E-state index in [9.17, 15) is 18.0 Å². The summed E-state index contributed by atoms with van der Waals surface area (Å²) in [4.78, 5) is 25.1. The number of carbonyl (C=O) groups is 2. The normalized spacial score (nSPS) is 14.2. The van der Waals surface area contributed by atoms with Crippen LogP contribution in [0.5, 0.6) is 11.5 Å². The lowest BCUT2D eigenvalue weighted by molar-refractivity contribution is -0.145. The van der Waals surface area contributed by atoms with Crippen LogP contribution in [0.25, 0.3) is 0 Å². The molecule has 0 aromatic heterocycles. The molecule has 2 aromatic carbocycles. The molecule has 9 heteroatoms. The van der Waals surface area contributed by atoms with E-state index in [0.717, 1.165) is 11.1 Å². The van der Waals surface area contributed by atoms with E-state index in [2.05, 4.69) is 4.72 Å². The summed E-state index contributed by atoms with van der Waals surface area (Å²) in [5, 5.41) is 0. The maximum Gasteiger partial charge on any atom is 0.324 e. The van der Waals surface area contributed by atoms with E-state index in [1.807, 2.05) is 19.1 Å². The van der Waals surface area contributed by atoms with E-state index in [0.29, 0.717) is 30.3 Å². The smallest absolute Gasteiger partial charge is 0.324 e. The monoisotopic (exact) mass is 461 g/mol. The Morgan fingerprint density at radius 3 is 2.41 bits per heavy atom. The first-order valence-corrected chi connectivity index (χ1v) is 11.8. The number of ketones is 1. The maximum absolute atomic E-state index is 12.9. The number of Topliss-reactive ketones (excluding diaryl/α,β-unsaturated/α-hetero) is 1. The Morgan fingerprint density at radius 2 is 1.72 bits per heavy atom. The highest BCUT2D eigenvalue weighted by molar-refractivity contribution is 7.89. The minimum Gasteiger partial charge on any atom is -0.486 e. The van der Waals surface area contributed by atoms with Gasteiger partial charge in [-0.1, -0.05) is 31.5 Å². The van der Waals surface area contributed by atoms with Crippen molar-refractivity contribution in [2.45, 2.75) is 38.6 Å². The molecule has 0 spiro atoms. The van der Waals surface area contributed by atoms with Gasteiger partial charge in [0.2, 0.25) is 15.8 Å². The average molecular weight is 462 g/mol. The minimum absolute atomic E-state index is 0.0633. The minimum atomic E-state index is -4.06. The van der Waals surface area contributed by atoms with Crippen LogP contribution in [0.4, 0.5) is 0 Å². The highest BCUT2D eigenvalue weighted by Gasteiger charge is 2.31. The highest BCUT2D eigenvalue weighted by Crippen LogP contribution is 2.32. The first kappa shape index (κ1) is 23.7. The fraction of sp³-hybridized carbons (Fsp3) is 0.391. The molecule has 1 aliphatic heterocycles. The van der Waals surface area contributed by atoms with Gasteiger partial charge in [-0.3, -0.25) is 9.59 Å². The van der Waals surface area contributed by atoms with Crippen molar-refractivity contribution in [3.05, 3.63) is 53.1 Å². The first-order chi connectivity index (χ1) is 15.1. The SMILES string of the molecule is Cc1ccc(C)c(C(=O)COC(=O)C(NS(=O)(=O)c2ccc3c(c2)OCCO3)C(C)C)c1. The van der Waals surface area contributed by atoms with Crippen molar-refractivity contribution in [3.63, 3.8) is 0 Å². The summed E-state index contributed by atoms with van der Waals surface area (Å²) in [6.07, 6.45) is 0. The molecule has 1 unspecified atom stereocenters. The number of ether oxygens (including phenoxy) is 3. The Morgan fingerprint density at radius 1 is 1.03 bits per heavy atom. The number of benzene rings is 2. The van der Waals surface area contributed by atoms with Gasteiger partial charge in [0, 0.05) is 11.6 Å². The van der Waals surface area contributed by atoms with Gasteiger partial charge in [0.05, 0.1) is 4.90 Å². The van der Waals surface area contributed by atoms with Crippen LogP contribution >= 0.6 is 0 Å². The van der Waals surface area contributed by atoms with E-state index >= 15 is 0 Å². The van der Waals surface area contributed by atoms with Gasteiger partial charge in [-0.05, 0) is 43.5 Å². The average Bonchev–Trinajstić information content (AvgIpc) is 2.76. The number of hydrogen-bond donors (Lipinski definition) is 1. The second kappa shape index (κ2) is 9.70. The summed E-state index contributed by atoms with van der Waals surface area (Å²) >= 11 is 0. The summed E-state index contributed by atoms with van der Waals surface area (Å²) in [6, 6.07) is 8.51. The van der Waals surface area contributed by atoms with Gasteiger partial charge in [0.1, 0.15) is 19.3 Å². The predicted molar refractivity (Wildman–Crippen MR) is 118 cm³/mol. The van der Waals surface area contributed by atoms with Crippen molar-refractivity contribution in [2.24, 2.45) is 5.92 Å². The summed E-state index contributed by atoms with van der Waals surface area (Å²) < 4.78 is 44.2. The number of nitrogens with one attached hydrogen (secondary N) is 1. The van der Waals surface area contributed by atoms with Gasteiger partial charge < -0.3 is 14.2 Å². The van der Waals surface area contributed by atoms with Gasteiger partial charge in [0.25, 0.3) is 0 Å². The molecule has 32 heavy (non-hydrogen) atoms. The zero-order valence-corrected chi connectivity index (χ0v) is 19.3. The lowest BCUT2D eigenvalue weighted by Gasteiger charge is -2.22. The molecular formula is C23H27NO7S. The van der Waals surface area contributed by atoms with E-state index in [1.165, 1.54) is 18.2 Å². The quantitative estimate of drug-likeness (QED) is 0.476. The Labute approximate surface area is 187 Å². The molecule has 1 heterocycles. The number of esters is 1. The molecule has 0 bridgehead atoms. The van der Waals surface area contributed by atoms with Gasteiger partial charge in [0.15, 0.2) is 18.1 Å². The zero-order chi connectivity index (χ0) is 23.5. The number of sulfonamides is 1. The summed E-state index contributed by atoms with van der Waals surface area (Å²) in [5.41, 5.74) is 2.16. The standard InChI is InChI=1S/C23H27NO7S/c1-14(2)22(23(26)31-13-19(25)18-11-15(3)5-6-16(18)4)24-32(27,28)17-7-8-20-21(12-17)30-10-9-29-20/h5-8,11-12,14,22,24H,9-10,13H2,1-4H3. The van der Waals surface area contributed by atoms with Crippen LogP contribution in [0.1, 0.15) is 35.3 Å². The zero-order valence-electron chi connectivity index (χ0n) is 18.5. The molecule has 0 aliphatic carbocycles.